The van der Waals surface area contributed by atoms with Crippen LogP contribution in [-0.4, -0.2) is 53.0 Å². The summed E-state index contributed by atoms with van der Waals surface area (Å²) in [4.78, 5) is 15.2. The zero-order chi connectivity index (χ0) is 25.1. The Morgan fingerprint density at radius 3 is 2.43 bits per heavy atom. The van der Waals surface area contributed by atoms with Gasteiger partial charge in [0.05, 0.1) is 35.6 Å². The number of benzene rings is 2. The van der Waals surface area contributed by atoms with Gasteiger partial charge in [-0.25, -0.2) is 4.68 Å². The predicted molar refractivity (Wildman–Crippen MR) is 138 cm³/mol. The van der Waals surface area contributed by atoms with Crippen LogP contribution in [0.1, 0.15) is 16.1 Å². The number of hydrogen-bond donors (Lipinski definition) is 0. The maximum absolute atomic E-state index is 13.6. The minimum absolute atomic E-state index is 0.162. The summed E-state index contributed by atoms with van der Waals surface area (Å²) < 4.78 is 14.3. The van der Waals surface area contributed by atoms with E-state index >= 15 is 0 Å². The van der Waals surface area contributed by atoms with Crippen LogP contribution < -0.4 is 9.47 Å². The predicted octanol–water partition coefficient (Wildman–Crippen LogP) is 5.52. The number of nitrogens with zero attached hydrogens (tertiary/aromatic N) is 4. The molecule has 2 aromatic heterocycles. The van der Waals surface area contributed by atoms with E-state index in [-0.39, 0.29) is 5.91 Å². The minimum Gasteiger partial charge on any atom is -0.493 e. The Labute approximate surface area is 214 Å². The number of carbonyl (C=O) groups is 1. The molecule has 0 spiro atoms. The molecule has 2 aromatic carbocycles. The second-order valence-corrected chi connectivity index (χ2v) is 8.91. The van der Waals surface area contributed by atoms with E-state index in [1.807, 2.05) is 48.1 Å². The quantitative estimate of drug-likeness (QED) is 0.312. The highest BCUT2D eigenvalue weighted by atomic mass is 35.5. The third-order valence-electron chi connectivity index (χ3n) is 5.81. The molecular weight excluding hydrogens is 487 g/mol. The SMILES string of the molecule is COc1ccc(CCN(C)C(=O)c2cc(-c3cccn3C)nn2-c2ccc(Cl)c(Cl)c2)cc1OC. The zero-order valence-corrected chi connectivity index (χ0v) is 21.5. The second-order valence-electron chi connectivity index (χ2n) is 8.10. The van der Waals surface area contributed by atoms with Crippen molar-refractivity contribution in [2.24, 2.45) is 7.05 Å². The third-order valence-corrected chi connectivity index (χ3v) is 6.55. The van der Waals surface area contributed by atoms with Crippen molar-refractivity contribution in [3.05, 3.63) is 82.1 Å². The van der Waals surface area contributed by atoms with E-state index in [0.717, 1.165) is 11.3 Å². The number of aromatic nitrogens is 3. The minimum atomic E-state index is -0.162. The van der Waals surface area contributed by atoms with Crippen molar-refractivity contribution in [1.82, 2.24) is 19.2 Å². The fourth-order valence-corrected chi connectivity index (χ4v) is 4.12. The molecule has 0 aliphatic rings. The van der Waals surface area contributed by atoms with E-state index in [1.54, 1.807) is 55.1 Å². The third kappa shape index (κ3) is 5.16. The molecule has 0 saturated carbocycles. The van der Waals surface area contributed by atoms with Gasteiger partial charge >= 0.3 is 0 Å². The fraction of sp³-hybridized carbons (Fsp3) is 0.231. The van der Waals surface area contributed by atoms with Crippen LogP contribution in [0.25, 0.3) is 17.1 Å². The van der Waals surface area contributed by atoms with E-state index in [9.17, 15) is 4.79 Å². The molecule has 0 unspecified atom stereocenters. The number of hydrogen-bond acceptors (Lipinski definition) is 4. The van der Waals surface area contributed by atoms with E-state index in [4.69, 9.17) is 37.8 Å². The van der Waals surface area contributed by atoms with Crippen molar-refractivity contribution < 1.29 is 14.3 Å². The van der Waals surface area contributed by atoms with Gasteiger partial charge in [0.1, 0.15) is 11.4 Å². The topological polar surface area (TPSA) is 61.5 Å². The van der Waals surface area contributed by atoms with Gasteiger partial charge in [0.15, 0.2) is 11.5 Å². The van der Waals surface area contributed by atoms with E-state index < -0.39 is 0 Å². The van der Waals surface area contributed by atoms with Gasteiger partial charge in [0.2, 0.25) is 0 Å². The number of aryl methyl sites for hydroxylation is 1. The van der Waals surface area contributed by atoms with Gasteiger partial charge in [-0.1, -0.05) is 29.3 Å². The average Bonchev–Trinajstić information content (AvgIpc) is 3.49. The zero-order valence-electron chi connectivity index (χ0n) is 20.0. The Balaban J connectivity index is 1.63. The summed E-state index contributed by atoms with van der Waals surface area (Å²) in [6.07, 6.45) is 2.58. The first-order valence-corrected chi connectivity index (χ1v) is 11.7. The molecule has 0 saturated heterocycles. The molecule has 1 amide bonds. The smallest absolute Gasteiger partial charge is 0.272 e. The number of rotatable bonds is 8. The van der Waals surface area contributed by atoms with Crippen LogP contribution in [0.5, 0.6) is 11.5 Å². The number of halogens is 2. The van der Waals surface area contributed by atoms with Crippen molar-refractivity contribution >= 4 is 29.1 Å². The summed E-state index contributed by atoms with van der Waals surface area (Å²) in [5, 5.41) is 5.56. The van der Waals surface area contributed by atoms with Crippen LogP contribution in [0.15, 0.2) is 60.8 Å². The van der Waals surface area contributed by atoms with Crippen molar-refractivity contribution in [3.63, 3.8) is 0 Å². The molecule has 0 N–H and O–H groups in total. The van der Waals surface area contributed by atoms with Gasteiger partial charge in [-0.3, -0.25) is 4.79 Å². The average molecular weight is 513 g/mol. The molecule has 4 rings (SSSR count). The fourth-order valence-electron chi connectivity index (χ4n) is 3.83. The highest BCUT2D eigenvalue weighted by Gasteiger charge is 2.22. The maximum atomic E-state index is 13.6. The summed E-state index contributed by atoms with van der Waals surface area (Å²) in [5.74, 6) is 1.16. The maximum Gasteiger partial charge on any atom is 0.272 e. The van der Waals surface area contributed by atoms with Crippen LogP contribution in [0.2, 0.25) is 10.0 Å². The first kappa shape index (κ1) is 24.7. The van der Waals surface area contributed by atoms with Crippen LogP contribution in [-0.2, 0) is 13.5 Å². The standard InChI is InChI=1S/C26H26Cl2N4O3/c1-30-12-5-6-22(30)21-16-23(32(29-21)18-8-9-19(27)20(28)15-18)26(33)31(2)13-11-17-7-10-24(34-3)25(14-17)35-4/h5-10,12,14-16H,11,13H2,1-4H3. The summed E-state index contributed by atoms with van der Waals surface area (Å²) in [6, 6.07) is 16.6. The van der Waals surface area contributed by atoms with Gasteiger partial charge < -0.3 is 18.9 Å². The van der Waals surface area contributed by atoms with E-state index in [0.29, 0.717) is 51.6 Å². The lowest BCUT2D eigenvalue weighted by Crippen LogP contribution is -2.30. The van der Waals surface area contributed by atoms with Gasteiger partial charge in [-0.15, -0.1) is 0 Å². The Morgan fingerprint density at radius 2 is 1.77 bits per heavy atom. The summed E-state index contributed by atoms with van der Waals surface area (Å²) in [6.45, 7) is 0.500. The van der Waals surface area contributed by atoms with Gasteiger partial charge in [0, 0.05) is 26.8 Å². The number of amides is 1. The lowest BCUT2D eigenvalue weighted by Gasteiger charge is -2.18. The molecule has 0 atom stereocenters. The largest absolute Gasteiger partial charge is 0.493 e. The van der Waals surface area contributed by atoms with Gasteiger partial charge in [0.25, 0.3) is 5.91 Å². The van der Waals surface area contributed by atoms with Gasteiger partial charge in [-0.05, 0) is 60.5 Å². The van der Waals surface area contributed by atoms with E-state index in [1.165, 1.54) is 0 Å². The van der Waals surface area contributed by atoms with Crippen molar-refractivity contribution in [1.29, 1.82) is 0 Å². The molecule has 0 fully saturated rings. The molecule has 7 nitrogen and oxygen atoms in total. The normalized spacial score (nSPS) is 10.9. The van der Waals surface area contributed by atoms with Crippen LogP contribution in [0, 0.1) is 0 Å². The molecule has 0 aliphatic carbocycles. The van der Waals surface area contributed by atoms with Crippen LogP contribution in [0.4, 0.5) is 0 Å². The molecule has 9 heteroatoms. The Kier molecular flexibility index (Phi) is 7.38. The Hall–Kier alpha value is -3.42. The summed E-state index contributed by atoms with van der Waals surface area (Å²) in [5.41, 5.74) is 3.68. The van der Waals surface area contributed by atoms with Crippen LogP contribution >= 0.6 is 23.2 Å². The molecule has 4 aromatic rings. The lowest BCUT2D eigenvalue weighted by atomic mass is 10.1. The second kappa shape index (κ2) is 10.5. The lowest BCUT2D eigenvalue weighted by molar-refractivity contribution is 0.0787. The summed E-state index contributed by atoms with van der Waals surface area (Å²) in [7, 11) is 6.91. The molecule has 0 radical (unpaired) electrons. The van der Waals surface area contributed by atoms with Gasteiger partial charge in [-0.2, -0.15) is 5.10 Å². The van der Waals surface area contributed by atoms with Crippen molar-refractivity contribution in [3.8, 4) is 28.6 Å². The first-order chi connectivity index (χ1) is 16.8. The number of ether oxygens (including phenoxy) is 2. The molecule has 182 valence electrons. The molecule has 2 heterocycles. The highest BCUT2D eigenvalue weighted by Crippen LogP contribution is 2.29. The van der Waals surface area contributed by atoms with E-state index in [2.05, 4.69) is 0 Å². The number of likely N-dealkylation sites (N-methyl/N-ethyl adjacent to an activating group) is 1. The van der Waals surface area contributed by atoms with Crippen molar-refractivity contribution in [2.45, 2.75) is 6.42 Å². The monoisotopic (exact) mass is 512 g/mol. The Morgan fingerprint density at radius 1 is 1.00 bits per heavy atom. The molecule has 35 heavy (non-hydrogen) atoms. The highest BCUT2D eigenvalue weighted by molar-refractivity contribution is 6.42. The number of carbonyl (C=O) groups excluding carboxylic acids is 1. The molecule has 0 aliphatic heterocycles. The molecular formula is C26H26Cl2N4O3. The first-order valence-electron chi connectivity index (χ1n) is 11.0. The Bertz CT molecular complexity index is 1360. The summed E-state index contributed by atoms with van der Waals surface area (Å²) >= 11 is 12.4. The van der Waals surface area contributed by atoms with Crippen LogP contribution in [0.3, 0.4) is 0 Å². The molecule has 0 bridgehead atoms. The number of methoxy groups -OCH3 is 2. The van der Waals surface area contributed by atoms with Crippen molar-refractivity contribution in [2.75, 3.05) is 27.8 Å².